The van der Waals surface area contributed by atoms with Gasteiger partial charge in [0, 0.05) is 12.6 Å². The number of benzene rings is 1. The van der Waals surface area contributed by atoms with Gasteiger partial charge in [-0.05, 0) is 42.0 Å². The molecular formula is C15H16FNO3. The number of carbonyl (C=O) groups excluding carboxylic acids is 1. The lowest BCUT2D eigenvalue weighted by molar-refractivity contribution is -0.131. The summed E-state index contributed by atoms with van der Waals surface area (Å²) in [5, 5.41) is 11.2. The van der Waals surface area contributed by atoms with E-state index in [0.717, 1.165) is 18.6 Å². The average molecular weight is 277 g/mol. The molecule has 106 valence electrons. The van der Waals surface area contributed by atoms with Gasteiger partial charge in [0.1, 0.15) is 5.82 Å². The van der Waals surface area contributed by atoms with E-state index in [-0.39, 0.29) is 5.56 Å². The number of hydrogen-bond acceptors (Lipinski definition) is 2. The van der Waals surface area contributed by atoms with E-state index in [1.807, 2.05) is 0 Å². The summed E-state index contributed by atoms with van der Waals surface area (Å²) in [7, 11) is 0. The zero-order valence-corrected chi connectivity index (χ0v) is 11.1. The van der Waals surface area contributed by atoms with Gasteiger partial charge in [0.05, 0.1) is 5.56 Å². The summed E-state index contributed by atoms with van der Waals surface area (Å²) in [6.07, 6.45) is 3.30. The van der Waals surface area contributed by atoms with Crippen LogP contribution in [0.4, 0.5) is 4.39 Å². The van der Waals surface area contributed by atoms with Crippen LogP contribution in [0.3, 0.4) is 0 Å². The summed E-state index contributed by atoms with van der Waals surface area (Å²) in [4.78, 5) is 22.2. The van der Waals surface area contributed by atoms with Crippen LogP contribution >= 0.6 is 0 Å². The molecule has 2 atom stereocenters. The number of carboxylic acids is 1. The van der Waals surface area contributed by atoms with Gasteiger partial charge in [0.15, 0.2) is 0 Å². The highest BCUT2D eigenvalue weighted by Gasteiger charge is 2.32. The highest BCUT2D eigenvalue weighted by molar-refractivity contribution is 5.94. The fourth-order valence-corrected chi connectivity index (χ4v) is 1.99. The SMILES string of the molecule is CC1CC1CNC(=O)c1ccc(/C=C/C(=O)O)cc1F. The van der Waals surface area contributed by atoms with Gasteiger partial charge in [0.2, 0.25) is 0 Å². The number of aliphatic carboxylic acids is 1. The average Bonchev–Trinajstić information content (AvgIpc) is 3.09. The molecule has 2 rings (SSSR count). The Labute approximate surface area is 116 Å². The number of hydrogen-bond donors (Lipinski definition) is 2. The molecule has 5 heteroatoms. The Balaban J connectivity index is 2.01. The van der Waals surface area contributed by atoms with E-state index in [1.165, 1.54) is 18.2 Å². The number of nitrogens with one attached hydrogen (secondary N) is 1. The minimum atomic E-state index is -1.11. The first-order chi connectivity index (χ1) is 9.47. The van der Waals surface area contributed by atoms with Crippen LogP contribution in [0.25, 0.3) is 6.08 Å². The molecule has 0 saturated heterocycles. The Morgan fingerprint density at radius 1 is 1.50 bits per heavy atom. The van der Waals surface area contributed by atoms with E-state index < -0.39 is 17.7 Å². The number of rotatable bonds is 5. The van der Waals surface area contributed by atoms with Gasteiger partial charge in [-0.2, -0.15) is 0 Å². The molecule has 4 nitrogen and oxygen atoms in total. The van der Waals surface area contributed by atoms with Crippen LogP contribution < -0.4 is 5.32 Å². The highest BCUT2D eigenvalue weighted by atomic mass is 19.1. The fourth-order valence-electron chi connectivity index (χ4n) is 1.99. The smallest absolute Gasteiger partial charge is 0.328 e. The van der Waals surface area contributed by atoms with Crippen LogP contribution in [0.5, 0.6) is 0 Å². The summed E-state index contributed by atoms with van der Waals surface area (Å²) in [6.45, 7) is 2.68. The molecule has 1 fully saturated rings. The van der Waals surface area contributed by atoms with Crippen molar-refractivity contribution in [1.82, 2.24) is 5.32 Å². The molecule has 1 amide bonds. The standard InChI is InChI=1S/C15H16FNO3/c1-9-6-11(9)8-17-15(20)12-4-2-10(7-13(12)16)3-5-14(18)19/h2-5,7,9,11H,6,8H2,1H3,(H,17,20)(H,18,19)/b5-3+. The second-order valence-corrected chi connectivity index (χ2v) is 5.09. The minimum Gasteiger partial charge on any atom is -0.478 e. The molecule has 2 N–H and O–H groups in total. The second-order valence-electron chi connectivity index (χ2n) is 5.09. The number of amides is 1. The quantitative estimate of drug-likeness (QED) is 0.812. The van der Waals surface area contributed by atoms with Crippen LogP contribution in [0.2, 0.25) is 0 Å². The maximum Gasteiger partial charge on any atom is 0.328 e. The van der Waals surface area contributed by atoms with Gasteiger partial charge >= 0.3 is 5.97 Å². The van der Waals surface area contributed by atoms with Crippen LogP contribution in [-0.4, -0.2) is 23.5 Å². The lowest BCUT2D eigenvalue weighted by Crippen LogP contribution is -2.26. The lowest BCUT2D eigenvalue weighted by atomic mass is 10.1. The second kappa shape index (κ2) is 5.86. The van der Waals surface area contributed by atoms with Crippen molar-refractivity contribution in [2.45, 2.75) is 13.3 Å². The van der Waals surface area contributed by atoms with Gasteiger partial charge in [-0.25, -0.2) is 9.18 Å². The number of carboxylic acid groups (broad SMARTS) is 1. The Kier molecular flexibility index (Phi) is 4.17. The predicted octanol–water partition coefficient (Wildman–Crippen LogP) is 2.31. The van der Waals surface area contributed by atoms with Crippen molar-refractivity contribution in [2.75, 3.05) is 6.54 Å². The number of carbonyl (C=O) groups is 2. The van der Waals surface area contributed by atoms with E-state index >= 15 is 0 Å². The van der Waals surface area contributed by atoms with E-state index in [4.69, 9.17) is 5.11 Å². The van der Waals surface area contributed by atoms with Gasteiger partial charge in [0.25, 0.3) is 5.91 Å². The fraction of sp³-hybridized carbons (Fsp3) is 0.333. The van der Waals surface area contributed by atoms with Crippen molar-refractivity contribution in [1.29, 1.82) is 0 Å². The zero-order chi connectivity index (χ0) is 14.7. The van der Waals surface area contributed by atoms with E-state index in [0.29, 0.717) is 23.9 Å². The summed E-state index contributed by atoms with van der Waals surface area (Å²) in [5.41, 5.74) is 0.378. The van der Waals surface area contributed by atoms with Crippen molar-refractivity contribution in [3.05, 3.63) is 41.2 Å². The van der Waals surface area contributed by atoms with E-state index in [1.54, 1.807) is 0 Å². The molecular weight excluding hydrogens is 261 g/mol. The summed E-state index contributed by atoms with van der Waals surface area (Å²) in [6, 6.07) is 4.02. The number of halogens is 1. The molecule has 20 heavy (non-hydrogen) atoms. The Hall–Kier alpha value is -2.17. The molecule has 0 aromatic heterocycles. The Bertz CT molecular complexity index is 568. The first-order valence-electron chi connectivity index (χ1n) is 6.46. The maximum atomic E-state index is 13.8. The third kappa shape index (κ3) is 3.66. The van der Waals surface area contributed by atoms with Crippen molar-refractivity contribution in [2.24, 2.45) is 11.8 Å². The molecule has 2 unspecified atom stereocenters. The van der Waals surface area contributed by atoms with Gasteiger partial charge in [-0.3, -0.25) is 4.79 Å². The van der Waals surface area contributed by atoms with E-state index in [2.05, 4.69) is 12.2 Å². The summed E-state index contributed by atoms with van der Waals surface area (Å²) in [5.74, 6) is -1.07. The minimum absolute atomic E-state index is 0.0224. The Morgan fingerprint density at radius 3 is 2.75 bits per heavy atom. The van der Waals surface area contributed by atoms with Crippen molar-refractivity contribution in [3.8, 4) is 0 Å². The molecule has 1 aromatic rings. The summed E-state index contributed by atoms with van der Waals surface area (Å²) >= 11 is 0. The largest absolute Gasteiger partial charge is 0.478 e. The van der Waals surface area contributed by atoms with E-state index in [9.17, 15) is 14.0 Å². The molecule has 0 bridgehead atoms. The predicted molar refractivity (Wildman–Crippen MR) is 72.7 cm³/mol. The Morgan fingerprint density at radius 2 is 2.20 bits per heavy atom. The van der Waals surface area contributed by atoms with Gasteiger partial charge in [-0.15, -0.1) is 0 Å². The van der Waals surface area contributed by atoms with Gasteiger partial charge < -0.3 is 10.4 Å². The van der Waals surface area contributed by atoms with Crippen LogP contribution in [0.1, 0.15) is 29.3 Å². The molecule has 1 aliphatic carbocycles. The van der Waals surface area contributed by atoms with Crippen LogP contribution in [0, 0.1) is 17.7 Å². The summed E-state index contributed by atoms with van der Waals surface area (Å²) < 4.78 is 13.8. The molecule has 0 spiro atoms. The lowest BCUT2D eigenvalue weighted by Gasteiger charge is -2.06. The maximum absolute atomic E-state index is 13.8. The molecule has 1 saturated carbocycles. The zero-order valence-electron chi connectivity index (χ0n) is 11.1. The third-order valence-electron chi connectivity index (χ3n) is 3.46. The van der Waals surface area contributed by atoms with Gasteiger partial charge in [-0.1, -0.05) is 13.0 Å². The first kappa shape index (κ1) is 14.2. The topological polar surface area (TPSA) is 66.4 Å². The van der Waals surface area contributed by atoms with Crippen molar-refractivity contribution < 1.29 is 19.1 Å². The molecule has 0 heterocycles. The normalized spacial score (nSPS) is 20.9. The van der Waals surface area contributed by atoms with Crippen LogP contribution in [-0.2, 0) is 4.79 Å². The molecule has 1 aromatic carbocycles. The molecule has 1 aliphatic rings. The molecule has 0 radical (unpaired) electrons. The van der Waals surface area contributed by atoms with Crippen molar-refractivity contribution >= 4 is 18.0 Å². The highest BCUT2D eigenvalue weighted by Crippen LogP contribution is 2.36. The first-order valence-corrected chi connectivity index (χ1v) is 6.46. The van der Waals surface area contributed by atoms with Crippen LogP contribution in [0.15, 0.2) is 24.3 Å². The molecule has 0 aliphatic heterocycles. The monoisotopic (exact) mass is 277 g/mol. The van der Waals surface area contributed by atoms with Crippen molar-refractivity contribution in [3.63, 3.8) is 0 Å². The third-order valence-corrected chi connectivity index (χ3v) is 3.46.